The number of hydrogen-bond donors (Lipinski definition) is 3. The van der Waals surface area contributed by atoms with E-state index in [1.165, 1.54) is 24.3 Å². The van der Waals surface area contributed by atoms with Crippen LogP contribution in [0.5, 0.6) is 0 Å². The number of hydrogen-bond acceptors (Lipinski definition) is 8. The molecule has 3 aromatic rings. The average molecular weight is 472 g/mol. The van der Waals surface area contributed by atoms with Crippen LogP contribution >= 0.6 is 0 Å². The summed E-state index contributed by atoms with van der Waals surface area (Å²) in [5.41, 5.74) is -0.669. The zero-order valence-corrected chi connectivity index (χ0v) is 17.1. The van der Waals surface area contributed by atoms with Crippen LogP contribution in [0.15, 0.2) is 79.5 Å². The van der Waals surface area contributed by atoms with Gasteiger partial charge < -0.3 is 0 Å². The Morgan fingerprint density at radius 1 is 0.567 bits per heavy atom. The van der Waals surface area contributed by atoms with E-state index in [1.54, 1.807) is 0 Å². The van der Waals surface area contributed by atoms with Gasteiger partial charge in [-0.2, -0.15) is 25.3 Å². The maximum absolute atomic E-state index is 11.8. The Hall–Kier alpha value is -2.75. The minimum atomic E-state index is -4.85. The van der Waals surface area contributed by atoms with E-state index in [0.29, 0.717) is 0 Å². The summed E-state index contributed by atoms with van der Waals surface area (Å²) in [5, 5.41) is 7.67. The van der Waals surface area contributed by atoms with E-state index >= 15 is 0 Å². The predicted molar refractivity (Wildman–Crippen MR) is 104 cm³/mol. The molecule has 3 N–H and O–H groups in total. The molecule has 158 valence electrons. The van der Waals surface area contributed by atoms with Crippen LogP contribution in [-0.2, 0) is 30.4 Å². The molecular formula is C16H12N2O9S3. The van der Waals surface area contributed by atoms with E-state index in [0.717, 1.165) is 30.3 Å². The van der Waals surface area contributed by atoms with E-state index in [2.05, 4.69) is 10.2 Å². The quantitative estimate of drug-likeness (QED) is 0.370. The summed E-state index contributed by atoms with van der Waals surface area (Å²) in [4.78, 5) is -1.80. The Kier molecular flexibility index (Phi) is 5.48. The number of benzene rings is 3. The first kappa shape index (κ1) is 21.9. The van der Waals surface area contributed by atoms with Crippen molar-refractivity contribution in [2.24, 2.45) is 10.2 Å². The van der Waals surface area contributed by atoms with Crippen LogP contribution in [0.2, 0.25) is 0 Å². The van der Waals surface area contributed by atoms with Gasteiger partial charge in [-0.15, -0.1) is 10.2 Å². The van der Waals surface area contributed by atoms with E-state index < -0.39 is 45.0 Å². The summed E-state index contributed by atoms with van der Waals surface area (Å²) in [6, 6.07) is 10.4. The molecule has 0 atom stereocenters. The maximum atomic E-state index is 11.8. The molecule has 0 aromatic heterocycles. The van der Waals surface area contributed by atoms with Gasteiger partial charge >= 0.3 is 0 Å². The first-order chi connectivity index (χ1) is 13.8. The minimum Gasteiger partial charge on any atom is -0.282 e. The number of nitrogens with zero attached hydrogens (tertiary/aromatic N) is 2. The summed E-state index contributed by atoms with van der Waals surface area (Å²) in [6.45, 7) is 0. The average Bonchev–Trinajstić information content (AvgIpc) is 2.63. The molecule has 11 nitrogen and oxygen atoms in total. The van der Waals surface area contributed by atoms with E-state index in [4.69, 9.17) is 4.55 Å². The highest BCUT2D eigenvalue weighted by atomic mass is 32.2. The van der Waals surface area contributed by atoms with Crippen molar-refractivity contribution in [1.29, 1.82) is 0 Å². The standard InChI is InChI=1S/C16H12N2O9S3/c19-28(20,21)12-6-5-10-8-14(16(30(25,26)27)9-11(10)7-12)18-17-13-3-1-2-4-15(13)29(22,23)24/h1-9H,(H,19,20,21)(H,22,23,24)(H,25,26,27). The Morgan fingerprint density at radius 2 is 1.17 bits per heavy atom. The van der Waals surface area contributed by atoms with Crippen molar-refractivity contribution in [1.82, 2.24) is 0 Å². The third kappa shape index (κ3) is 4.69. The van der Waals surface area contributed by atoms with Crippen molar-refractivity contribution in [3.63, 3.8) is 0 Å². The molecule has 0 aliphatic carbocycles. The van der Waals surface area contributed by atoms with Crippen molar-refractivity contribution in [3.8, 4) is 0 Å². The second-order valence-electron chi connectivity index (χ2n) is 5.92. The van der Waals surface area contributed by atoms with Crippen molar-refractivity contribution < 1.29 is 38.9 Å². The van der Waals surface area contributed by atoms with Gasteiger partial charge in [0.15, 0.2) is 0 Å². The molecule has 0 spiro atoms. The Bertz CT molecular complexity index is 1510. The molecule has 0 radical (unpaired) electrons. The molecule has 14 heteroatoms. The van der Waals surface area contributed by atoms with Gasteiger partial charge in [0.05, 0.1) is 4.90 Å². The lowest BCUT2D eigenvalue weighted by Crippen LogP contribution is -2.00. The molecule has 0 heterocycles. The molecule has 0 aliphatic rings. The molecule has 0 bridgehead atoms. The largest absolute Gasteiger partial charge is 0.296 e. The fraction of sp³-hybridized carbons (Fsp3) is 0. The number of rotatable bonds is 5. The molecular weight excluding hydrogens is 460 g/mol. The van der Waals surface area contributed by atoms with Crippen LogP contribution in [0.1, 0.15) is 0 Å². The van der Waals surface area contributed by atoms with Gasteiger partial charge in [-0.3, -0.25) is 13.7 Å². The highest BCUT2D eigenvalue weighted by Crippen LogP contribution is 2.33. The Labute approximate surface area is 171 Å². The third-order valence-electron chi connectivity index (χ3n) is 3.87. The van der Waals surface area contributed by atoms with Gasteiger partial charge in [-0.25, -0.2) is 0 Å². The fourth-order valence-electron chi connectivity index (χ4n) is 2.55. The molecule has 3 rings (SSSR count). The Morgan fingerprint density at radius 3 is 1.77 bits per heavy atom. The molecule has 0 unspecified atom stereocenters. The third-order valence-corrected chi connectivity index (χ3v) is 6.51. The van der Waals surface area contributed by atoms with Gasteiger partial charge in [-0.05, 0) is 47.2 Å². The summed E-state index contributed by atoms with van der Waals surface area (Å²) < 4.78 is 96.8. The van der Waals surface area contributed by atoms with Crippen molar-refractivity contribution in [2.45, 2.75) is 14.7 Å². The SMILES string of the molecule is O=S(=O)(O)c1ccc2cc(N=Nc3ccccc3S(=O)(=O)O)c(S(=O)(=O)O)cc2c1. The monoisotopic (exact) mass is 472 g/mol. The minimum absolute atomic E-state index is 0.0510. The zero-order chi connectivity index (χ0) is 22.3. The fourth-order valence-corrected chi connectivity index (χ4v) is 4.33. The van der Waals surface area contributed by atoms with Gasteiger partial charge in [0.1, 0.15) is 21.2 Å². The molecule has 30 heavy (non-hydrogen) atoms. The molecule has 0 saturated heterocycles. The zero-order valence-electron chi connectivity index (χ0n) is 14.6. The summed E-state index contributed by atoms with van der Waals surface area (Å²) >= 11 is 0. The molecule has 0 aliphatic heterocycles. The van der Waals surface area contributed by atoms with Crippen LogP contribution in [-0.4, -0.2) is 38.9 Å². The summed E-state index contributed by atoms with van der Waals surface area (Å²) in [5.74, 6) is 0. The topological polar surface area (TPSA) is 188 Å². The molecule has 0 fully saturated rings. The lowest BCUT2D eigenvalue weighted by atomic mass is 10.1. The van der Waals surface area contributed by atoms with Crippen molar-refractivity contribution >= 4 is 52.5 Å². The van der Waals surface area contributed by atoms with Crippen molar-refractivity contribution in [2.75, 3.05) is 0 Å². The lowest BCUT2D eigenvalue weighted by Gasteiger charge is -2.07. The van der Waals surface area contributed by atoms with Gasteiger partial charge in [-0.1, -0.05) is 18.2 Å². The molecule has 3 aromatic carbocycles. The van der Waals surface area contributed by atoms with E-state index in [9.17, 15) is 34.4 Å². The number of fused-ring (bicyclic) bond motifs is 1. The molecule has 0 saturated carbocycles. The smallest absolute Gasteiger partial charge is 0.282 e. The normalized spacial score (nSPS) is 13.2. The maximum Gasteiger partial charge on any atom is 0.296 e. The molecule has 0 amide bonds. The van der Waals surface area contributed by atoms with Gasteiger partial charge in [0.2, 0.25) is 0 Å². The predicted octanol–water partition coefficient (Wildman–Crippen LogP) is 3.00. The van der Waals surface area contributed by atoms with Gasteiger partial charge in [0.25, 0.3) is 30.4 Å². The van der Waals surface area contributed by atoms with Crippen LogP contribution in [0.25, 0.3) is 10.8 Å². The Balaban J connectivity index is 2.23. The summed E-state index contributed by atoms with van der Waals surface area (Å²) in [6.07, 6.45) is 0. The highest BCUT2D eigenvalue weighted by Gasteiger charge is 2.19. The van der Waals surface area contributed by atoms with Crippen LogP contribution in [0, 0.1) is 0 Å². The van der Waals surface area contributed by atoms with Gasteiger partial charge in [0, 0.05) is 0 Å². The van der Waals surface area contributed by atoms with Crippen LogP contribution < -0.4 is 0 Å². The van der Waals surface area contributed by atoms with E-state index in [-0.39, 0.29) is 22.1 Å². The first-order valence-electron chi connectivity index (χ1n) is 7.78. The number of azo groups is 1. The van der Waals surface area contributed by atoms with Crippen LogP contribution in [0.4, 0.5) is 11.4 Å². The van der Waals surface area contributed by atoms with Crippen LogP contribution in [0.3, 0.4) is 0 Å². The van der Waals surface area contributed by atoms with Crippen molar-refractivity contribution in [3.05, 3.63) is 54.6 Å². The second kappa shape index (κ2) is 7.50. The lowest BCUT2D eigenvalue weighted by molar-refractivity contribution is 0.480. The first-order valence-corrected chi connectivity index (χ1v) is 12.1. The second-order valence-corrected chi connectivity index (χ2v) is 10.1. The summed E-state index contributed by atoms with van der Waals surface area (Å²) in [7, 11) is -14.0. The highest BCUT2D eigenvalue weighted by molar-refractivity contribution is 7.86. The van der Waals surface area contributed by atoms with E-state index in [1.807, 2.05) is 0 Å².